The van der Waals surface area contributed by atoms with Crippen LogP contribution in [0.5, 0.6) is 0 Å². The highest BCUT2D eigenvalue weighted by atomic mass is 16.1. The molecule has 3 nitrogen and oxygen atoms in total. The number of hydrogen-bond acceptors (Lipinski definition) is 2. The van der Waals surface area contributed by atoms with Gasteiger partial charge < -0.3 is 10.6 Å². The van der Waals surface area contributed by atoms with Crippen LogP contribution < -0.4 is 10.6 Å². The third kappa shape index (κ3) is 4.49. The van der Waals surface area contributed by atoms with Crippen LogP contribution in [-0.4, -0.2) is 19.0 Å². The lowest BCUT2D eigenvalue weighted by Crippen LogP contribution is -2.32. The van der Waals surface area contributed by atoms with Crippen LogP contribution in [0.15, 0.2) is 30.3 Å². The highest BCUT2D eigenvalue weighted by Crippen LogP contribution is 2.22. The number of nitrogens with one attached hydrogen (secondary N) is 2. The second-order valence-corrected chi connectivity index (χ2v) is 5.05. The summed E-state index contributed by atoms with van der Waals surface area (Å²) in [6.07, 6.45) is 6.71. The third-order valence-electron chi connectivity index (χ3n) is 3.50. The molecule has 98 valence electrons. The second-order valence-electron chi connectivity index (χ2n) is 5.05. The van der Waals surface area contributed by atoms with Crippen LogP contribution in [0.2, 0.25) is 0 Å². The molecule has 1 saturated carbocycles. The molecule has 1 amide bonds. The lowest BCUT2D eigenvalue weighted by molar-refractivity contribution is -0.115. The first kappa shape index (κ1) is 13.1. The number of benzene rings is 1. The van der Waals surface area contributed by atoms with Gasteiger partial charge in [-0.25, -0.2) is 0 Å². The fourth-order valence-electron chi connectivity index (χ4n) is 2.51. The Bertz CT molecular complexity index is 358. The fraction of sp³-hybridized carbons (Fsp3) is 0.533. The van der Waals surface area contributed by atoms with E-state index in [9.17, 15) is 4.79 Å². The van der Waals surface area contributed by atoms with E-state index in [1.165, 1.54) is 32.1 Å². The summed E-state index contributed by atoms with van der Waals surface area (Å²) in [5, 5.41) is 6.14. The van der Waals surface area contributed by atoms with Gasteiger partial charge in [-0.05, 0) is 37.4 Å². The smallest absolute Gasteiger partial charge is 0.238 e. The van der Waals surface area contributed by atoms with Crippen LogP contribution in [-0.2, 0) is 4.79 Å². The number of anilines is 1. The molecule has 1 aliphatic carbocycles. The average molecular weight is 246 g/mol. The SMILES string of the molecule is O=C(CNCC1CCCCC1)Nc1ccccc1. The fourth-order valence-corrected chi connectivity index (χ4v) is 2.51. The van der Waals surface area contributed by atoms with Crippen molar-refractivity contribution in [2.24, 2.45) is 5.92 Å². The van der Waals surface area contributed by atoms with Crippen LogP contribution in [0.25, 0.3) is 0 Å². The molecule has 3 heteroatoms. The van der Waals surface area contributed by atoms with Crippen molar-refractivity contribution in [3.63, 3.8) is 0 Å². The molecular weight excluding hydrogens is 224 g/mol. The summed E-state index contributed by atoms with van der Waals surface area (Å²) in [5.74, 6) is 0.806. The van der Waals surface area contributed by atoms with E-state index in [1.807, 2.05) is 30.3 Å². The number of amides is 1. The van der Waals surface area contributed by atoms with Gasteiger partial charge in [0.1, 0.15) is 0 Å². The van der Waals surface area contributed by atoms with E-state index in [2.05, 4.69) is 10.6 Å². The Morgan fingerprint density at radius 1 is 1.11 bits per heavy atom. The average Bonchev–Trinajstić information content (AvgIpc) is 2.41. The molecule has 0 bridgehead atoms. The largest absolute Gasteiger partial charge is 0.325 e. The molecule has 0 radical (unpaired) electrons. The quantitative estimate of drug-likeness (QED) is 0.838. The molecule has 18 heavy (non-hydrogen) atoms. The molecule has 1 aromatic rings. The summed E-state index contributed by atoms with van der Waals surface area (Å²) in [6, 6.07) is 9.59. The summed E-state index contributed by atoms with van der Waals surface area (Å²) in [4.78, 5) is 11.7. The van der Waals surface area contributed by atoms with Crippen LogP contribution in [0.1, 0.15) is 32.1 Å². The summed E-state index contributed by atoms with van der Waals surface area (Å²) < 4.78 is 0. The molecule has 0 unspecified atom stereocenters. The molecule has 1 aliphatic rings. The van der Waals surface area contributed by atoms with Crippen molar-refractivity contribution in [3.8, 4) is 0 Å². The minimum absolute atomic E-state index is 0.0389. The Labute approximate surface area is 109 Å². The van der Waals surface area contributed by atoms with Gasteiger partial charge in [-0.3, -0.25) is 4.79 Å². The van der Waals surface area contributed by atoms with Gasteiger partial charge in [0, 0.05) is 5.69 Å². The van der Waals surface area contributed by atoms with E-state index in [1.54, 1.807) is 0 Å². The van der Waals surface area contributed by atoms with E-state index in [4.69, 9.17) is 0 Å². The summed E-state index contributed by atoms with van der Waals surface area (Å²) in [7, 11) is 0. The zero-order valence-electron chi connectivity index (χ0n) is 10.8. The molecule has 2 N–H and O–H groups in total. The lowest BCUT2D eigenvalue weighted by Gasteiger charge is -2.21. The maximum atomic E-state index is 11.7. The topological polar surface area (TPSA) is 41.1 Å². The van der Waals surface area contributed by atoms with Gasteiger partial charge in [0.15, 0.2) is 0 Å². The Kier molecular flexibility index (Phi) is 5.21. The molecule has 1 aromatic carbocycles. The standard InChI is InChI=1S/C15H22N2O/c18-15(17-14-9-5-2-6-10-14)12-16-11-13-7-3-1-4-8-13/h2,5-6,9-10,13,16H,1,3-4,7-8,11-12H2,(H,17,18). The third-order valence-corrected chi connectivity index (χ3v) is 3.50. The first-order valence-corrected chi connectivity index (χ1v) is 6.90. The van der Waals surface area contributed by atoms with Crippen molar-refractivity contribution in [1.29, 1.82) is 0 Å². The molecule has 0 saturated heterocycles. The van der Waals surface area contributed by atoms with E-state index in [0.717, 1.165) is 18.2 Å². The maximum Gasteiger partial charge on any atom is 0.238 e. The molecule has 0 aliphatic heterocycles. The first-order chi connectivity index (χ1) is 8.84. The Morgan fingerprint density at radius 2 is 1.83 bits per heavy atom. The van der Waals surface area contributed by atoms with Crippen molar-refractivity contribution in [1.82, 2.24) is 5.32 Å². The van der Waals surface area contributed by atoms with Crippen molar-refractivity contribution >= 4 is 11.6 Å². The monoisotopic (exact) mass is 246 g/mol. The van der Waals surface area contributed by atoms with E-state index in [0.29, 0.717) is 6.54 Å². The molecule has 0 atom stereocenters. The highest BCUT2D eigenvalue weighted by Gasteiger charge is 2.13. The number of para-hydroxylation sites is 1. The van der Waals surface area contributed by atoms with Crippen LogP contribution >= 0.6 is 0 Å². The van der Waals surface area contributed by atoms with Crippen molar-refractivity contribution in [2.75, 3.05) is 18.4 Å². The van der Waals surface area contributed by atoms with Gasteiger partial charge in [-0.2, -0.15) is 0 Å². The number of hydrogen-bond donors (Lipinski definition) is 2. The summed E-state index contributed by atoms with van der Waals surface area (Å²) >= 11 is 0. The number of rotatable bonds is 5. The zero-order chi connectivity index (χ0) is 12.6. The summed E-state index contributed by atoms with van der Waals surface area (Å²) in [6.45, 7) is 1.38. The van der Waals surface area contributed by atoms with Crippen molar-refractivity contribution < 1.29 is 4.79 Å². The van der Waals surface area contributed by atoms with Gasteiger partial charge in [0.25, 0.3) is 0 Å². The number of carbonyl (C=O) groups excluding carboxylic acids is 1. The first-order valence-electron chi connectivity index (χ1n) is 6.90. The predicted molar refractivity (Wildman–Crippen MR) is 74.5 cm³/mol. The molecule has 0 aromatic heterocycles. The lowest BCUT2D eigenvalue weighted by atomic mass is 9.89. The second kappa shape index (κ2) is 7.17. The Hall–Kier alpha value is -1.35. The Balaban J connectivity index is 1.62. The molecule has 0 spiro atoms. The minimum atomic E-state index is 0.0389. The Morgan fingerprint density at radius 3 is 2.56 bits per heavy atom. The van der Waals surface area contributed by atoms with Gasteiger partial charge in [0.05, 0.1) is 6.54 Å². The van der Waals surface area contributed by atoms with Gasteiger partial charge in [0.2, 0.25) is 5.91 Å². The van der Waals surface area contributed by atoms with E-state index >= 15 is 0 Å². The zero-order valence-corrected chi connectivity index (χ0v) is 10.8. The minimum Gasteiger partial charge on any atom is -0.325 e. The predicted octanol–water partition coefficient (Wildman–Crippen LogP) is 2.80. The van der Waals surface area contributed by atoms with E-state index in [-0.39, 0.29) is 5.91 Å². The van der Waals surface area contributed by atoms with Crippen LogP contribution in [0.3, 0.4) is 0 Å². The van der Waals surface area contributed by atoms with Crippen molar-refractivity contribution in [2.45, 2.75) is 32.1 Å². The van der Waals surface area contributed by atoms with Gasteiger partial charge >= 0.3 is 0 Å². The van der Waals surface area contributed by atoms with Crippen LogP contribution in [0, 0.1) is 5.92 Å². The molecular formula is C15H22N2O. The van der Waals surface area contributed by atoms with E-state index < -0.39 is 0 Å². The summed E-state index contributed by atoms with van der Waals surface area (Å²) in [5.41, 5.74) is 0.863. The van der Waals surface area contributed by atoms with Gasteiger partial charge in [-0.1, -0.05) is 37.5 Å². The van der Waals surface area contributed by atoms with Crippen molar-refractivity contribution in [3.05, 3.63) is 30.3 Å². The number of carbonyl (C=O) groups is 1. The van der Waals surface area contributed by atoms with Gasteiger partial charge in [-0.15, -0.1) is 0 Å². The molecule has 0 heterocycles. The van der Waals surface area contributed by atoms with Crippen LogP contribution in [0.4, 0.5) is 5.69 Å². The molecule has 1 fully saturated rings. The maximum absolute atomic E-state index is 11.7. The highest BCUT2D eigenvalue weighted by molar-refractivity contribution is 5.92. The normalized spacial score (nSPS) is 16.4. The molecule has 2 rings (SSSR count).